The van der Waals surface area contributed by atoms with Gasteiger partial charge < -0.3 is 4.74 Å². The predicted molar refractivity (Wildman–Crippen MR) is 90.1 cm³/mol. The van der Waals surface area contributed by atoms with Crippen molar-refractivity contribution in [2.75, 3.05) is 0 Å². The average molecular weight is 376 g/mol. The summed E-state index contributed by atoms with van der Waals surface area (Å²) in [5.41, 5.74) is -1.24. The molecule has 27 heavy (non-hydrogen) atoms. The minimum atomic E-state index is -4.56. The maximum absolute atomic E-state index is 13.0. The minimum Gasteiger partial charge on any atom is -0.426 e. The molecule has 0 unspecified atom stereocenters. The number of nitro groups is 1. The van der Waals surface area contributed by atoms with Crippen molar-refractivity contribution >= 4 is 22.6 Å². The molecule has 0 radical (unpaired) electrons. The lowest BCUT2D eigenvalue weighted by Crippen LogP contribution is -2.05. The molecule has 0 aliphatic carbocycles. The minimum absolute atomic E-state index is 0.0131. The van der Waals surface area contributed by atoms with E-state index in [1.807, 2.05) is 0 Å². The van der Waals surface area contributed by atoms with Gasteiger partial charge in [0, 0.05) is 24.6 Å². The van der Waals surface area contributed by atoms with E-state index in [-0.39, 0.29) is 33.6 Å². The first-order valence-corrected chi connectivity index (χ1v) is 7.61. The van der Waals surface area contributed by atoms with Gasteiger partial charge in [-0.05, 0) is 18.2 Å². The van der Waals surface area contributed by atoms with Crippen LogP contribution >= 0.6 is 0 Å². The Bertz CT molecular complexity index is 1060. The van der Waals surface area contributed by atoms with Gasteiger partial charge in [0.1, 0.15) is 5.75 Å². The van der Waals surface area contributed by atoms with Crippen LogP contribution in [-0.4, -0.2) is 15.9 Å². The number of carbonyl (C=O) groups excluding carboxylic acids is 1. The molecule has 2 aromatic carbocycles. The third kappa shape index (κ3) is 3.71. The lowest BCUT2D eigenvalue weighted by atomic mass is 10.0. The van der Waals surface area contributed by atoms with Gasteiger partial charge in [-0.25, -0.2) is 4.98 Å². The lowest BCUT2D eigenvalue weighted by Gasteiger charge is -2.11. The van der Waals surface area contributed by atoms with Crippen LogP contribution in [0.15, 0.2) is 48.5 Å². The summed E-state index contributed by atoms with van der Waals surface area (Å²) in [6.07, 6.45) is -4.56. The highest BCUT2D eigenvalue weighted by Crippen LogP contribution is 2.36. The van der Waals surface area contributed by atoms with Gasteiger partial charge in [-0.1, -0.05) is 18.2 Å². The van der Waals surface area contributed by atoms with Gasteiger partial charge in [0.15, 0.2) is 5.52 Å². The Morgan fingerprint density at radius 1 is 1.15 bits per heavy atom. The SMILES string of the molecule is CC(=O)Oc1cc(-c2cccc(C(F)(F)F)c2)nc2c([N+](=O)[O-])cccc12. The highest BCUT2D eigenvalue weighted by molar-refractivity contribution is 5.95. The van der Waals surface area contributed by atoms with Gasteiger partial charge in [0.25, 0.3) is 5.69 Å². The number of alkyl halides is 3. The molecule has 0 amide bonds. The maximum Gasteiger partial charge on any atom is 0.416 e. The molecule has 0 saturated heterocycles. The second kappa shape index (κ2) is 6.67. The van der Waals surface area contributed by atoms with Crippen molar-refractivity contribution in [1.29, 1.82) is 0 Å². The number of carbonyl (C=O) groups is 1. The van der Waals surface area contributed by atoms with Crippen LogP contribution < -0.4 is 4.74 Å². The molecule has 0 aliphatic rings. The van der Waals surface area contributed by atoms with Gasteiger partial charge in [0.05, 0.1) is 21.6 Å². The van der Waals surface area contributed by atoms with E-state index in [1.54, 1.807) is 0 Å². The Balaban J connectivity index is 2.29. The fourth-order valence-corrected chi connectivity index (χ4v) is 2.59. The number of para-hydroxylation sites is 1. The first-order chi connectivity index (χ1) is 12.7. The predicted octanol–water partition coefficient (Wildman–Crippen LogP) is 4.75. The zero-order chi connectivity index (χ0) is 19.8. The molecule has 6 nitrogen and oxygen atoms in total. The van der Waals surface area contributed by atoms with Gasteiger partial charge in [-0.2, -0.15) is 13.2 Å². The largest absolute Gasteiger partial charge is 0.426 e. The Hall–Kier alpha value is -3.49. The molecular formula is C18H11F3N2O4. The van der Waals surface area contributed by atoms with Gasteiger partial charge in [0.2, 0.25) is 0 Å². The van der Waals surface area contributed by atoms with E-state index in [1.165, 1.54) is 36.4 Å². The number of esters is 1. The van der Waals surface area contributed by atoms with Crippen molar-refractivity contribution in [3.05, 3.63) is 64.2 Å². The summed E-state index contributed by atoms with van der Waals surface area (Å²) >= 11 is 0. The van der Waals surface area contributed by atoms with E-state index >= 15 is 0 Å². The van der Waals surface area contributed by atoms with Crippen LogP contribution in [0.4, 0.5) is 18.9 Å². The summed E-state index contributed by atoms with van der Waals surface area (Å²) in [4.78, 5) is 26.2. The number of nitro benzene ring substituents is 1. The molecule has 0 bridgehead atoms. The van der Waals surface area contributed by atoms with Crippen LogP contribution in [-0.2, 0) is 11.0 Å². The second-order valence-electron chi connectivity index (χ2n) is 5.61. The highest BCUT2D eigenvalue weighted by atomic mass is 19.4. The molecular weight excluding hydrogens is 365 g/mol. The number of aromatic nitrogens is 1. The molecule has 0 saturated carbocycles. The fraction of sp³-hybridized carbons (Fsp3) is 0.111. The monoisotopic (exact) mass is 376 g/mol. The Morgan fingerprint density at radius 2 is 1.85 bits per heavy atom. The van der Waals surface area contributed by atoms with Gasteiger partial charge >= 0.3 is 12.1 Å². The Kier molecular flexibility index (Phi) is 4.52. The van der Waals surface area contributed by atoms with E-state index in [2.05, 4.69) is 4.98 Å². The maximum atomic E-state index is 13.0. The van der Waals surface area contributed by atoms with Crippen LogP contribution in [0.1, 0.15) is 12.5 Å². The summed E-state index contributed by atoms with van der Waals surface area (Å²) in [5.74, 6) is -0.701. The number of hydrogen-bond acceptors (Lipinski definition) is 5. The van der Waals surface area contributed by atoms with Gasteiger partial charge in [-0.15, -0.1) is 0 Å². The molecule has 9 heteroatoms. The standard InChI is InChI=1S/C18H11F3N2O4/c1-10(24)27-16-9-14(11-4-2-5-12(8-11)18(19,20)21)22-17-13(16)6-3-7-15(17)23(25)26/h2-9H,1H3. The van der Waals surface area contributed by atoms with E-state index < -0.39 is 22.6 Å². The van der Waals surface area contributed by atoms with Crippen molar-refractivity contribution in [3.8, 4) is 17.0 Å². The Labute approximate surface area is 150 Å². The van der Waals surface area contributed by atoms with Crippen LogP contribution in [0.3, 0.4) is 0 Å². The summed E-state index contributed by atoms with van der Waals surface area (Å²) < 4.78 is 44.0. The molecule has 1 heterocycles. The fourth-order valence-electron chi connectivity index (χ4n) is 2.59. The number of benzene rings is 2. The zero-order valence-corrected chi connectivity index (χ0v) is 13.8. The van der Waals surface area contributed by atoms with Crippen molar-refractivity contribution in [2.24, 2.45) is 0 Å². The summed E-state index contributed by atoms with van der Waals surface area (Å²) in [6.45, 7) is 1.15. The van der Waals surface area contributed by atoms with Crippen LogP contribution in [0.25, 0.3) is 22.2 Å². The first kappa shape index (κ1) is 18.3. The molecule has 138 valence electrons. The molecule has 0 aliphatic heterocycles. The summed E-state index contributed by atoms with van der Waals surface area (Å²) in [7, 11) is 0. The highest BCUT2D eigenvalue weighted by Gasteiger charge is 2.30. The van der Waals surface area contributed by atoms with Crippen LogP contribution in [0.5, 0.6) is 5.75 Å². The van der Waals surface area contributed by atoms with Crippen LogP contribution in [0.2, 0.25) is 0 Å². The molecule has 0 atom stereocenters. The summed E-state index contributed by atoms with van der Waals surface area (Å²) in [6, 6.07) is 9.74. The number of hydrogen-bond donors (Lipinski definition) is 0. The number of non-ortho nitro benzene ring substituents is 1. The molecule has 0 fully saturated rings. The number of rotatable bonds is 3. The van der Waals surface area contributed by atoms with Crippen molar-refractivity contribution in [1.82, 2.24) is 4.98 Å². The van der Waals surface area contributed by atoms with Crippen molar-refractivity contribution in [3.63, 3.8) is 0 Å². The average Bonchev–Trinajstić information content (AvgIpc) is 2.60. The third-order valence-electron chi connectivity index (χ3n) is 3.72. The molecule has 1 aromatic heterocycles. The normalized spacial score (nSPS) is 11.4. The number of ether oxygens (including phenoxy) is 1. The Morgan fingerprint density at radius 3 is 2.48 bits per heavy atom. The van der Waals surface area contributed by atoms with E-state index in [0.717, 1.165) is 19.1 Å². The number of halogens is 3. The second-order valence-corrected chi connectivity index (χ2v) is 5.61. The third-order valence-corrected chi connectivity index (χ3v) is 3.72. The summed E-state index contributed by atoms with van der Waals surface area (Å²) in [5, 5.41) is 11.5. The molecule has 3 rings (SSSR count). The smallest absolute Gasteiger partial charge is 0.416 e. The van der Waals surface area contributed by atoms with E-state index in [4.69, 9.17) is 4.74 Å². The first-order valence-electron chi connectivity index (χ1n) is 7.61. The molecule has 0 N–H and O–H groups in total. The number of fused-ring (bicyclic) bond motifs is 1. The number of nitrogens with zero attached hydrogens (tertiary/aromatic N) is 2. The number of pyridine rings is 1. The quantitative estimate of drug-likeness (QED) is 0.374. The van der Waals surface area contributed by atoms with Gasteiger partial charge in [-0.3, -0.25) is 14.9 Å². The zero-order valence-electron chi connectivity index (χ0n) is 13.8. The molecule has 0 spiro atoms. The van der Waals surface area contributed by atoms with E-state index in [9.17, 15) is 28.1 Å². The van der Waals surface area contributed by atoms with Crippen molar-refractivity contribution in [2.45, 2.75) is 13.1 Å². The lowest BCUT2D eigenvalue weighted by molar-refractivity contribution is -0.383. The van der Waals surface area contributed by atoms with Crippen molar-refractivity contribution < 1.29 is 27.6 Å². The van der Waals surface area contributed by atoms with E-state index in [0.29, 0.717) is 0 Å². The molecule has 3 aromatic rings. The topological polar surface area (TPSA) is 82.3 Å². The van der Waals surface area contributed by atoms with Crippen LogP contribution in [0, 0.1) is 10.1 Å².